The zero-order valence-electron chi connectivity index (χ0n) is 6.57. The highest BCUT2D eigenvalue weighted by atomic mass is 32.2. The Bertz CT molecular complexity index is 343. The van der Waals surface area contributed by atoms with Crippen LogP contribution in [0.2, 0.25) is 0 Å². The molecule has 0 amide bonds. The summed E-state index contributed by atoms with van der Waals surface area (Å²) in [5.74, 6) is 5.59. The predicted molar refractivity (Wildman–Crippen MR) is 48.0 cm³/mol. The van der Waals surface area contributed by atoms with Gasteiger partial charge in [-0.3, -0.25) is 0 Å². The summed E-state index contributed by atoms with van der Waals surface area (Å²) in [6.45, 7) is 1.75. The second-order valence-corrected chi connectivity index (χ2v) is 3.12. The summed E-state index contributed by atoms with van der Waals surface area (Å²) in [4.78, 5) is 0.400. The molecule has 1 rings (SSSR count). The maximum Gasteiger partial charge on any atom is 0.186 e. The average Bonchev–Trinajstić information content (AvgIpc) is 2.06. The van der Waals surface area contributed by atoms with Crippen LogP contribution in [-0.2, 0) is 11.1 Å². The molecule has 1 unspecified atom stereocenters. The third-order valence-electron chi connectivity index (χ3n) is 1.33. The SMILES string of the molecule is CC#Cc1ccc(S(=O)O)cc1. The molecule has 62 valence electrons. The van der Waals surface area contributed by atoms with E-state index in [4.69, 9.17) is 4.55 Å². The van der Waals surface area contributed by atoms with Crippen LogP contribution in [-0.4, -0.2) is 8.76 Å². The van der Waals surface area contributed by atoms with Gasteiger partial charge in [0.15, 0.2) is 11.1 Å². The predicted octanol–water partition coefficient (Wildman–Crippen LogP) is 1.64. The minimum atomic E-state index is -1.89. The zero-order chi connectivity index (χ0) is 8.97. The van der Waals surface area contributed by atoms with Crippen LogP contribution in [0.15, 0.2) is 29.2 Å². The Morgan fingerprint density at radius 1 is 1.33 bits per heavy atom. The minimum Gasteiger partial charge on any atom is -0.302 e. The molecule has 1 atom stereocenters. The van der Waals surface area contributed by atoms with Crippen LogP contribution in [0.5, 0.6) is 0 Å². The third-order valence-corrected chi connectivity index (χ3v) is 2.00. The van der Waals surface area contributed by atoms with Crippen LogP contribution >= 0.6 is 0 Å². The molecular formula is C9H8O2S. The monoisotopic (exact) mass is 180 g/mol. The normalized spacial score (nSPS) is 11.5. The number of hydrogen-bond donors (Lipinski definition) is 1. The molecule has 0 aromatic heterocycles. The molecular weight excluding hydrogens is 172 g/mol. The molecule has 0 spiro atoms. The van der Waals surface area contributed by atoms with Gasteiger partial charge in [0.05, 0.1) is 4.90 Å². The molecule has 0 saturated heterocycles. The first-order valence-electron chi connectivity index (χ1n) is 3.37. The Morgan fingerprint density at radius 2 is 1.92 bits per heavy atom. The summed E-state index contributed by atoms with van der Waals surface area (Å²) >= 11 is -1.89. The van der Waals surface area contributed by atoms with Crippen molar-refractivity contribution < 1.29 is 8.76 Å². The van der Waals surface area contributed by atoms with E-state index in [2.05, 4.69) is 11.8 Å². The molecule has 3 heteroatoms. The molecule has 12 heavy (non-hydrogen) atoms. The second-order valence-electron chi connectivity index (χ2n) is 2.15. The van der Waals surface area contributed by atoms with Crippen molar-refractivity contribution in [2.75, 3.05) is 0 Å². The number of hydrogen-bond acceptors (Lipinski definition) is 1. The average molecular weight is 180 g/mol. The van der Waals surface area contributed by atoms with E-state index >= 15 is 0 Å². The van der Waals surface area contributed by atoms with Gasteiger partial charge in [-0.2, -0.15) is 0 Å². The summed E-state index contributed by atoms with van der Waals surface area (Å²) in [6.07, 6.45) is 0. The van der Waals surface area contributed by atoms with Crippen LogP contribution in [0.1, 0.15) is 12.5 Å². The standard InChI is InChI=1S/C9H8O2S/c1-2-3-8-4-6-9(7-5-8)12(10)11/h4-7H,1H3,(H,10,11). The van der Waals surface area contributed by atoms with Gasteiger partial charge in [0.1, 0.15) is 0 Å². The summed E-state index contributed by atoms with van der Waals surface area (Å²) in [7, 11) is 0. The van der Waals surface area contributed by atoms with Crippen LogP contribution in [0, 0.1) is 11.8 Å². The van der Waals surface area contributed by atoms with Gasteiger partial charge >= 0.3 is 0 Å². The summed E-state index contributed by atoms with van der Waals surface area (Å²) < 4.78 is 19.2. The van der Waals surface area contributed by atoms with Crippen LogP contribution in [0.4, 0.5) is 0 Å². The lowest BCUT2D eigenvalue weighted by Gasteiger charge is -1.93. The molecule has 1 aromatic carbocycles. The van der Waals surface area contributed by atoms with Crippen molar-refractivity contribution >= 4 is 11.1 Å². The minimum absolute atomic E-state index is 0.400. The molecule has 0 aliphatic heterocycles. The molecule has 0 radical (unpaired) electrons. The quantitative estimate of drug-likeness (QED) is 0.527. The highest BCUT2D eigenvalue weighted by Gasteiger charge is 1.96. The largest absolute Gasteiger partial charge is 0.302 e. The van der Waals surface area contributed by atoms with Gasteiger partial charge in [-0.15, -0.1) is 5.92 Å². The zero-order valence-corrected chi connectivity index (χ0v) is 7.39. The Labute approximate surface area is 73.9 Å². The van der Waals surface area contributed by atoms with E-state index in [9.17, 15) is 4.21 Å². The smallest absolute Gasteiger partial charge is 0.186 e. The molecule has 0 bridgehead atoms. The van der Waals surface area contributed by atoms with Gasteiger partial charge in [-0.25, -0.2) is 4.21 Å². The summed E-state index contributed by atoms with van der Waals surface area (Å²) in [5.41, 5.74) is 0.853. The lowest BCUT2D eigenvalue weighted by Crippen LogP contribution is -1.87. The Morgan fingerprint density at radius 3 is 2.33 bits per heavy atom. The highest BCUT2D eigenvalue weighted by molar-refractivity contribution is 7.79. The van der Waals surface area contributed by atoms with E-state index < -0.39 is 11.1 Å². The third kappa shape index (κ3) is 2.19. The molecule has 2 nitrogen and oxygen atoms in total. The molecule has 0 fully saturated rings. The van der Waals surface area contributed by atoms with Crippen molar-refractivity contribution in [1.82, 2.24) is 0 Å². The Kier molecular flexibility index (Phi) is 3.03. The van der Waals surface area contributed by atoms with Gasteiger partial charge in [-0.05, 0) is 31.2 Å². The lowest BCUT2D eigenvalue weighted by molar-refractivity contribution is 0.564. The maximum absolute atomic E-state index is 10.5. The van der Waals surface area contributed by atoms with Crippen molar-refractivity contribution in [3.05, 3.63) is 29.8 Å². The van der Waals surface area contributed by atoms with E-state index in [1.165, 1.54) is 0 Å². The van der Waals surface area contributed by atoms with Crippen molar-refractivity contribution in [1.29, 1.82) is 0 Å². The van der Waals surface area contributed by atoms with Gasteiger partial charge in [0.2, 0.25) is 0 Å². The lowest BCUT2D eigenvalue weighted by atomic mass is 10.2. The van der Waals surface area contributed by atoms with Crippen molar-refractivity contribution in [2.24, 2.45) is 0 Å². The van der Waals surface area contributed by atoms with Crippen molar-refractivity contribution in [3.63, 3.8) is 0 Å². The van der Waals surface area contributed by atoms with Gasteiger partial charge in [0.25, 0.3) is 0 Å². The first kappa shape index (κ1) is 8.98. The first-order chi connectivity index (χ1) is 5.74. The second kappa shape index (κ2) is 4.05. The van der Waals surface area contributed by atoms with Crippen molar-refractivity contribution in [3.8, 4) is 11.8 Å². The fraction of sp³-hybridized carbons (Fsp3) is 0.111. The van der Waals surface area contributed by atoms with Gasteiger partial charge in [0, 0.05) is 5.56 Å². The fourth-order valence-electron chi connectivity index (χ4n) is 0.799. The molecule has 0 saturated carbocycles. The van der Waals surface area contributed by atoms with E-state index in [0.29, 0.717) is 4.90 Å². The molecule has 0 heterocycles. The number of benzene rings is 1. The molecule has 0 aliphatic rings. The highest BCUT2D eigenvalue weighted by Crippen LogP contribution is 2.05. The van der Waals surface area contributed by atoms with Gasteiger partial charge in [-0.1, -0.05) is 5.92 Å². The van der Waals surface area contributed by atoms with Crippen LogP contribution < -0.4 is 0 Å². The first-order valence-corrected chi connectivity index (χ1v) is 4.48. The van der Waals surface area contributed by atoms with E-state index in [0.717, 1.165) is 5.56 Å². The summed E-state index contributed by atoms with van der Waals surface area (Å²) in [5, 5.41) is 0. The molecule has 1 N–H and O–H groups in total. The topological polar surface area (TPSA) is 37.3 Å². The van der Waals surface area contributed by atoms with Crippen LogP contribution in [0.25, 0.3) is 0 Å². The molecule has 0 aliphatic carbocycles. The van der Waals surface area contributed by atoms with E-state index in [1.807, 2.05) is 0 Å². The maximum atomic E-state index is 10.5. The number of rotatable bonds is 1. The molecule has 1 aromatic rings. The summed E-state index contributed by atoms with van der Waals surface area (Å²) in [6, 6.07) is 6.63. The van der Waals surface area contributed by atoms with Crippen molar-refractivity contribution in [2.45, 2.75) is 11.8 Å². The Hall–Kier alpha value is -1.11. The van der Waals surface area contributed by atoms with E-state index in [-0.39, 0.29) is 0 Å². The fourth-order valence-corrected chi connectivity index (χ4v) is 1.17. The Balaban J connectivity index is 2.98. The van der Waals surface area contributed by atoms with Crippen LogP contribution in [0.3, 0.4) is 0 Å². The van der Waals surface area contributed by atoms with E-state index in [1.54, 1.807) is 31.2 Å². The van der Waals surface area contributed by atoms with Gasteiger partial charge < -0.3 is 4.55 Å².